The lowest BCUT2D eigenvalue weighted by Gasteiger charge is -2.01. The van der Waals surface area contributed by atoms with Gasteiger partial charge in [0.15, 0.2) is 0 Å². The van der Waals surface area contributed by atoms with E-state index in [1.54, 1.807) is 0 Å². The molecule has 0 aromatic carbocycles. The van der Waals surface area contributed by atoms with E-state index in [9.17, 15) is 0 Å². The highest BCUT2D eigenvalue weighted by molar-refractivity contribution is 8.25. The van der Waals surface area contributed by atoms with E-state index in [0.29, 0.717) is 0 Å². The summed E-state index contributed by atoms with van der Waals surface area (Å²) in [6, 6.07) is 0. The van der Waals surface area contributed by atoms with Crippen molar-refractivity contribution in [3.63, 3.8) is 0 Å². The average molecular weight is 250 g/mol. The van der Waals surface area contributed by atoms with Crippen LogP contribution in [0.25, 0.3) is 0 Å². The highest BCUT2D eigenvalue weighted by Crippen LogP contribution is 2.10. The maximum absolute atomic E-state index is 8.92. The summed E-state index contributed by atoms with van der Waals surface area (Å²) in [5, 5.41) is 0. The lowest BCUT2D eigenvalue weighted by Crippen LogP contribution is -1.92. The maximum atomic E-state index is 8.92. The molecule has 0 spiro atoms. The van der Waals surface area contributed by atoms with Crippen LogP contribution in [0, 0.1) is 0 Å². The third-order valence-corrected chi connectivity index (χ3v) is 3.81. The molecule has 0 aliphatic carbocycles. The molecule has 1 nitrogen and oxygen atoms in total. The molecular formula is C12H26OS2. The highest BCUT2D eigenvalue weighted by atomic mass is 32.8. The van der Waals surface area contributed by atoms with E-state index < -0.39 is 9.74 Å². The van der Waals surface area contributed by atoms with Crippen molar-refractivity contribution in [2.24, 2.45) is 0 Å². The van der Waals surface area contributed by atoms with Gasteiger partial charge in [-0.25, -0.2) is 0 Å². The van der Waals surface area contributed by atoms with Gasteiger partial charge in [0.1, 0.15) is 0 Å². The summed E-state index contributed by atoms with van der Waals surface area (Å²) in [4.78, 5) is 0. The Kier molecular flexibility index (Phi) is 13.0. The zero-order valence-electron chi connectivity index (χ0n) is 10.0. The molecule has 0 aliphatic heterocycles. The maximum Gasteiger partial charge on any atom is 0.0223 e. The second-order valence-corrected chi connectivity index (χ2v) is 6.41. The van der Waals surface area contributed by atoms with Gasteiger partial charge in [-0.1, -0.05) is 64.7 Å². The van der Waals surface area contributed by atoms with E-state index in [-0.39, 0.29) is 0 Å². The highest BCUT2D eigenvalue weighted by Gasteiger charge is 1.93. The molecule has 92 valence electrons. The van der Waals surface area contributed by atoms with Gasteiger partial charge in [0.25, 0.3) is 0 Å². The third kappa shape index (κ3) is 14.5. The van der Waals surface area contributed by atoms with Crippen molar-refractivity contribution in [3.05, 3.63) is 0 Å². The fourth-order valence-electron chi connectivity index (χ4n) is 1.71. The van der Waals surface area contributed by atoms with Gasteiger partial charge in [0, 0.05) is 15.5 Å². The summed E-state index contributed by atoms with van der Waals surface area (Å²) in [6.07, 6.45) is 13.4. The molecule has 0 rings (SSSR count). The van der Waals surface area contributed by atoms with Crippen LogP contribution >= 0.6 is 0 Å². The van der Waals surface area contributed by atoms with Gasteiger partial charge in [-0.05, 0) is 17.6 Å². The number of unbranched alkanes of at least 4 members (excludes halogenated alkanes) is 9. The van der Waals surface area contributed by atoms with Crippen molar-refractivity contribution in [3.8, 4) is 0 Å². The predicted octanol–water partition coefficient (Wildman–Crippen LogP) is 4.46. The van der Waals surface area contributed by atoms with Crippen molar-refractivity contribution >= 4 is 20.9 Å². The van der Waals surface area contributed by atoms with Crippen LogP contribution in [0.15, 0.2) is 0 Å². The van der Waals surface area contributed by atoms with Gasteiger partial charge in [0.2, 0.25) is 0 Å². The lowest BCUT2D eigenvalue weighted by atomic mass is 10.1. The van der Waals surface area contributed by atoms with Gasteiger partial charge >= 0.3 is 0 Å². The largest absolute Gasteiger partial charge is 0.327 e. The number of rotatable bonds is 11. The molecule has 0 aliphatic rings. The van der Waals surface area contributed by atoms with E-state index in [1.165, 1.54) is 57.8 Å². The molecule has 0 aromatic rings. The molecule has 0 aromatic heterocycles. The minimum Gasteiger partial charge on any atom is -0.327 e. The molecule has 0 heterocycles. The van der Waals surface area contributed by atoms with Gasteiger partial charge in [-0.15, -0.1) is 0 Å². The van der Waals surface area contributed by atoms with Crippen molar-refractivity contribution in [1.29, 1.82) is 0 Å². The van der Waals surface area contributed by atoms with Gasteiger partial charge in [-0.2, -0.15) is 0 Å². The Morgan fingerprint density at radius 2 is 1.20 bits per heavy atom. The summed E-state index contributed by atoms with van der Waals surface area (Å²) >= 11 is 4.72. The van der Waals surface area contributed by atoms with E-state index in [1.807, 2.05) is 0 Å². The van der Waals surface area contributed by atoms with E-state index in [4.69, 9.17) is 15.7 Å². The standard InChI is InChI=1S/C12H26OS2/c1-2-3-4-5-6-7-8-9-10-11-12-15(13)14/h2-12H2,1H3,(H,13,14). The predicted molar refractivity (Wildman–Crippen MR) is 74.1 cm³/mol. The number of hydrogen-bond acceptors (Lipinski definition) is 1. The van der Waals surface area contributed by atoms with E-state index in [0.717, 1.165) is 12.2 Å². The third-order valence-electron chi connectivity index (χ3n) is 2.67. The monoisotopic (exact) mass is 250 g/mol. The topological polar surface area (TPSA) is 20.2 Å². The molecule has 0 saturated heterocycles. The van der Waals surface area contributed by atoms with E-state index >= 15 is 0 Å². The molecule has 0 saturated carbocycles. The van der Waals surface area contributed by atoms with Crippen molar-refractivity contribution < 1.29 is 4.55 Å². The van der Waals surface area contributed by atoms with Gasteiger partial charge < -0.3 is 4.55 Å². The first kappa shape index (κ1) is 15.5. The first-order valence-corrected chi connectivity index (χ1v) is 8.62. The molecule has 1 atom stereocenters. The smallest absolute Gasteiger partial charge is 0.0223 e. The van der Waals surface area contributed by atoms with Crippen LogP contribution in [-0.2, 0) is 20.9 Å². The van der Waals surface area contributed by atoms with Crippen LogP contribution in [0.1, 0.15) is 71.1 Å². The first-order valence-electron chi connectivity index (χ1n) is 6.35. The molecule has 15 heavy (non-hydrogen) atoms. The Balaban J connectivity index is 2.89. The molecule has 0 bridgehead atoms. The summed E-state index contributed by atoms with van der Waals surface area (Å²) in [5.41, 5.74) is 0. The second-order valence-electron chi connectivity index (χ2n) is 4.21. The molecule has 1 unspecified atom stereocenters. The van der Waals surface area contributed by atoms with Crippen LogP contribution in [-0.4, -0.2) is 10.3 Å². The van der Waals surface area contributed by atoms with Crippen molar-refractivity contribution in [1.82, 2.24) is 0 Å². The Morgan fingerprint density at radius 3 is 1.60 bits per heavy atom. The summed E-state index contributed by atoms with van der Waals surface area (Å²) < 4.78 is 8.92. The van der Waals surface area contributed by atoms with Crippen molar-refractivity contribution in [2.75, 3.05) is 5.75 Å². The molecule has 0 radical (unpaired) electrons. The Morgan fingerprint density at radius 1 is 0.800 bits per heavy atom. The Bertz CT molecular complexity index is 149. The first-order chi connectivity index (χ1) is 7.27. The Hall–Kier alpha value is 0.530. The van der Waals surface area contributed by atoms with Crippen LogP contribution in [0.2, 0.25) is 0 Å². The minimum absolute atomic E-state index is 0.745. The van der Waals surface area contributed by atoms with Crippen LogP contribution in [0.4, 0.5) is 0 Å². The van der Waals surface area contributed by atoms with Gasteiger partial charge in [-0.3, -0.25) is 0 Å². The normalized spacial score (nSPS) is 12.9. The van der Waals surface area contributed by atoms with E-state index in [2.05, 4.69) is 6.92 Å². The summed E-state index contributed by atoms with van der Waals surface area (Å²) in [5.74, 6) is 0.825. The van der Waals surface area contributed by atoms with Crippen molar-refractivity contribution in [2.45, 2.75) is 71.1 Å². The second kappa shape index (κ2) is 12.6. The quantitative estimate of drug-likeness (QED) is 0.546. The Labute approximate surface area is 102 Å². The van der Waals surface area contributed by atoms with Crippen LogP contribution in [0.5, 0.6) is 0 Å². The lowest BCUT2D eigenvalue weighted by molar-refractivity contribution is 0.561. The SMILES string of the molecule is CCCCCCCCCCCCS(O)=S. The fourth-order valence-corrected chi connectivity index (χ4v) is 2.52. The van der Waals surface area contributed by atoms with Crippen LogP contribution in [0.3, 0.4) is 0 Å². The fraction of sp³-hybridized carbons (Fsp3) is 1.00. The molecular weight excluding hydrogens is 224 g/mol. The zero-order valence-corrected chi connectivity index (χ0v) is 11.7. The zero-order chi connectivity index (χ0) is 11.4. The molecule has 0 fully saturated rings. The minimum atomic E-state index is -0.745. The molecule has 0 amide bonds. The average Bonchev–Trinajstić information content (AvgIpc) is 2.20. The number of hydrogen-bond donors (Lipinski definition) is 1. The molecule has 3 heteroatoms. The van der Waals surface area contributed by atoms with Gasteiger partial charge in [0.05, 0.1) is 0 Å². The summed E-state index contributed by atoms with van der Waals surface area (Å²) in [7, 11) is -0.745. The summed E-state index contributed by atoms with van der Waals surface area (Å²) in [6.45, 7) is 2.26. The molecule has 1 N–H and O–H groups in total. The van der Waals surface area contributed by atoms with Crippen LogP contribution < -0.4 is 0 Å².